The molecule has 0 radical (unpaired) electrons. The number of nitrogens with zero attached hydrogens (tertiary/aromatic N) is 2. The summed E-state index contributed by atoms with van der Waals surface area (Å²) in [5, 5.41) is 11.8. The molecule has 3 N–H and O–H groups in total. The lowest BCUT2D eigenvalue weighted by molar-refractivity contribution is 0.318. The van der Waals surface area contributed by atoms with Crippen LogP contribution in [0.3, 0.4) is 0 Å². The molecule has 0 atom stereocenters. The van der Waals surface area contributed by atoms with E-state index in [1.165, 1.54) is 12.1 Å². The van der Waals surface area contributed by atoms with Gasteiger partial charge in [0.15, 0.2) is 5.84 Å². The van der Waals surface area contributed by atoms with E-state index in [4.69, 9.17) is 10.9 Å². The van der Waals surface area contributed by atoms with Gasteiger partial charge in [0.2, 0.25) is 0 Å². The van der Waals surface area contributed by atoms with Crippen molar-refractivity contribution < 1.29 is 14.0 Å². The molecule has 6 heteroatoms. The molecule has 0 saturated heterocycles. The normalized spacial score (nSPS) is 11.5. The number of para-hydroxylation sites is 1. The zero-order valence-corrected chi connectivity index (χ0v) is 11.4. The Labute approximate surface area is 121 Å². The fourth-order valence-corrected chi connectivity index (χ4v) is 2.14. The van der Waals surface area contributed by atoms with Crippen LogP contribution in [-0.4, -0.2) is 18.1 Å². The maximum Gasteiger partial charge on any atom is 0.172 e. The van der Waals surface area contributed by atoms with Gasteiger partial charge in [-0.1, -0.05) is 17.3 Å². The van der Waals surface area contributed by atoms with Crippen molar-refractivity contribution in [2.24, 2.45) is 10.9 Å². The Kier molecular flexibility index (Phi) is 4.37. The number of hydrogen-bond donors (Lipinski definition) is 2. The molecule has 0 bridgehead atoms. The van der Waals surface area contributed by atoms with Crippen molar-refractivity contribution in [1.82, 2.24) is 0 Å². The second-order valence-electron chi connectivity index (χ2n) is 4.64. The highest BCUT2D eigenvalue weighted by atomic mass is 19.1. The van der Waals surface area contributed by atoms with Crippen molar-refractivity contribution >= 4 is 11.5 Å². The Hall–Kier alpha value is -2.63. The summed E-state index contributed by atoms with van der Waals surface area (Å²) in [6, 6.07) is 10.4. The summed E-state index contributed by atoms with van der Waals surface area (Å²) in [6.07, 6.45) is 0. The fraction of sp³-hybridized carbons (Fsp3) is 0.133. The van der Waals surface area contributed by atoms with Gasteiger partial charge in [0, 0.05) is 30.9 Å². The smallest absolute Gasteiger partial charge is 0.172 e. The summed E-state index contributed by atoms with van der Waals surface area (Å²) in [5.74, 6) is -1.27. The first-order valence-corrected chi connectivity index (χ1v) is 6.24. The summed E-state index contributed by atoms with van der Waals surface area (Å²) >= 11 is 0. The van der Waals surface area contributed by atoms with Gasteiger partial charge in [0.1, 0.15) is 11.6 Å². The minimum absolute atomic E-state index is 0.0251. The highest BCUT2D eigenvalue weighted by molar-refractivity contribution is 6.02. The van der Waals surface area contributed by atoms with Crippen LogP contribution >= 0.6 is 0 Å². The highest BCUT2D eigenvalue weighted by Crippen LogP contribution is 2.21. The fourth-order valence-electron chi connectivity index (χ4n) is 2.14. The van der Waals surface area contributed by atoms with E-state index in [1.54, 1.807) is 36.2 Å². The van der Waals surface area contributed by atoms with Crippen molar-refractivity contribution in [3.8, 4) is 0 Å². The summed E-state index contributed by atoms with van der Waals surface area (Å²) in [5.41, 5.74) is 7.35. The monoisotopic (exact) mass is 291 g/mol. The lowest BCUT2D eigenvalue weighted by Crippen LogP contribution is -2.22. The first kappa shape index (κ1) is 14.8. The van der Waals surface area contributed by atoms with Gasteiger partial charge >= 0.3 is 0 Å². The molecule has 4 nitrogen and oxygen atoms in total. The standard InChI is InChI=1S/C15H15F2N3O/c1-20(9-10-6-11(16)8-12(17)7-10)14-5-3-2-4-13(14)15(18)19-21/h2-8,21H,9H2,1H3,(H2,18,19). The predicted molar refractivity (Wildman–Crippen MR) is 77.4 cm³/mol. The van der Waals surface area contributed by atoms with Gasteiger partial charge in [0.25, 0.3) is 0 Å². The Balaban J connectivity index is 2.30. The summed E-state index contributed by atoms with van der Waals surface area (Å²) in [6.45, 7) is 0.282. The number of nitrogens with two attached hydrogens (primary N) is 1. The molecule has 0 heterocycles. The SMILES string of the molecule is CN(Cc1cc(F)cc(F)c1)c1ccccc1/C(N)=N/O. The molecule has 0 amide bonds. The molecule has 110 valence electrons. The van der Waals surface area contributed by atoms with Crippen molar-refractivity contribution in [2.45, 2.75) is 6.54 Å². The van der Waals surface area contributed by atoms with Crippen LogP contribution in [0.25, 0.3) is 0 Å². The number of benzene rings is 2. The second kappa shape index (κ2) is 6.21. The van der Waals surface area contributed by atoms with E-state index < -0.39 is 11.6 Å². The van der Waals surface area contributed by atoms with E-state index in [-0.39, 0.29) is 12.4 Å². The molecule has 0 fully saturated rings. The average molecular weight is 291 g/mol. The second-order valence-corrected chi connectivity index (χ2v) is 4.64. The molecule has 0 aliphatic carbocycles. The summed E-state index contributed by atoms with van der Waals surface area (Å²) < 4.78 is 26.4. The number of rotatable bonds is 4. The Morgan fingerprint density at radius 2 is 1.81 bits per heavy atom. The van der Waals surface area contributed by atoms with Gasteiger partial charge < -0.3 is 15.8 Å². The molecule has 0 unspecified atom stereocenters. The van der Waals surface area contributed by atoms with Crippen molar-refractivity contribution in [1.29, 1.82) is 0 Å². The molecule has 2 aromatic rings. The third-order valence-corrected chi connectivity index (χ3v) is 3.04. The van der Waals surface area contributed by atoms with Crippen LogP contribution in [0.15, 0.2) is 47.6 Å². The van der Waals surface area contributed by atoms with Crippen LogP contribution in [0, 0.1) is 11.6 Å². The number of halogens is 2. The lowest BCUT2D eigenvalue weighted by atomic mass is 10.1. The van der Waals surface area contributed by atoms with Crippen LogP contribution in [0.2, 0.25) is 0 Å². The lowest BCUT2D eigenvalue weighted by Gasteiger charge is -2.22. The molecule has 21 heavy (non-hydrogen) atoms. The minimum atomic E-state index is -0.622. The first-order valence-electron chi connectivity index (χ1n) is 6.24. The van der Waals surface area contributed by atoms with E-state index >= 15 is 0 Å². The number of hydrogen-bond acceptors (Lipinski definition) is 3. The van der Waals surface area contributed by atoms with Crippen molar-refractivity contribution in [3.63, 3.8) is 0 Å². The number of oxime groups is 1. The topological polar surface area (TPSA) is 61.8 Å². The Morgan fingerprint density at radius 1 is 1.19 bits per heavy atom. The molecule has 0 spiro atoms. The zero-order valence-electron chi connectivity index (χ0n) is 11.4. The minimum Gasteiger partial charge on any atom is -0.409 e. The van der Waals surface area contributed by atoms with Crippen LogP contribution < -0.4 is 10.6 Å². The van der Waals surface area contributed by atoms with Gasteiger partial charge in [-0.3, -0.25) is 0 Å². The van der Waals surface area contributed by atoms with E-state index in [1.807, 2.05) is 0 Å². The Bertz CT molecular complexity index is 653. The molecule has 0 aliphatic heterocycles. The molecular formula is C15H15F2N3O. The number of anilines is 1. The number of amidine groups is 1. The third kappa shape index (κ3) is 3.47. The maximum absolute atomic E-state index is 13.2. The van der Waals surface area contributed by atoms with Gasteiger partial charge in [-0.2, -0.15) is 0 Å². The average Bonchev–Trinajstić information content (AvgIpc) is 2.45. The third-order valence-electron chi connectivity index (χ3n) is 3.04. The van der Waals surface area contributed by atoms with Crippen LogP contribution in [0.4, 0.5) is 14.5 Å². The summed E-state index contributed by atoms with van der Waals surface area (Å²) in [7, 11) is 1.76. The highest BCUT2D eigenvalue weighted by Gasteiger charge is 2.11. The van der Waals surface area contributed by atoms with Crippen LogP contribution in [0.1, 0.15) is 11.1 Å². The van der Waals surface area contributed by atoms with Gasteiger partial charge in [-0.05, 0) is 29.8 Å². The predicted octanol–water partition coefficient (Wildman–Crippen LogP) is 2.70. The summed E-state index contributed by atoms with van der Waals surface area (Å²) in [4.78, 5) is 1.77. The quantitative estimate of drug-likeness (QED) is 0.394. The van der Waals surface area contributed by atoms with E-state index in [9.17, 15) is 8.78 Å². The Morgan fingerprint density at radius 3 is 2.43 bits per heavy atom. The van der Waals surface area contributed by atoms with Gasteiger partial charge in [-0.25, -0.2) is 8.78 Å². The van der Waals surface area contributed by atoms with Gasteiger partial charge in [0.05, 0.1) is 0 Å². The molecule has 0 aliphatic rings. The molecule has 0 saturated carbocycles. The van der Waals surface area contributed by atoms with Crippen LogP contribution in [0.5, 0.6) is 0 Å². The van der Waals surface area contributed by atoms with Crippen LogP contribution in [-0.2, 0) is 6.54 Å². The van der Waals surface area contributed by atoms with E-state index in [2.05, 4.69) is 5.16 Å². The maximum atomic E-state index is 13.2. The molecule has 2 aromatic carbocycles. The molecule has 2 rings (SSSR count). The first-order chi connectivity index (χ1) is 10.0. The molecule has 0 aromatic heterocycles. The van der Waals surface area contributed by atoms with Gasteiger partial charge in [-0.15, -0.1) is 0 Å². The van der Waals surface area contributed by atoms with E-state index in [0.29, 0.717) is 16.8 Å². The largest absolute Gasteiger partial charge is 0.409 e. The zero-order chi connectivity index (χ0) is 15.4. The van der Waals surface area contributed by atoms with Crippen molar-refractivity contribution in [3.05, 3.63) is 65.2 Å². The van der Waals surface area contributed by atoms with Crippen molar-refractivity contribution in [2.75, 3.05) is 11.9 Å². The van der Waals surface area contributed by atoms with E-state index in [0.717, 1.165) is 6.07 Å². The molecular weight excluding hydrogens is 276 g/mol.